The van der Waals surface area contributed by atoms with E-state index < -0.39 is 10.0 Å². The number of nitrogens with zero attached hydrogens (tertiary/aromatic N) is 4. The highest BCUT2D eigenvalue weighted by Gasteiger charge is 2.26. The van der Waals surface area contributed by atoms with Gasteiger partial charge in [0.25, 0.3) is 5.95 Å². The van der Waals surface area contributed by atoms with Gasteiger partial charge in [0.1, 0.15) is 0 Å². The van der Waals surface area contributed by atoms with E-state index in [4.69, 9.17) is 9.57 Å². The van der Waals surface area contributed by atoms with Gasteiger partial charge in [-0.05, 0) is 30.3 Å². The lowest BCUT2D eigenvalue weighted by atomic mass is 10.2. The number of para-hydroxylation sites is 1. The van der Waals surface area contributed by atoms with E-state index >= 15 is 0 Å². The summed E-state index contributed by atoms with van der Waals surface area (Å²) >= 11 is 0. The third-order valence-corrected chi connectivity index (χ3v) is 6.43. The summed E-state index contributed by atoms with van der Waals surface area (Å²) in [6.45, 7) is 1.54. The van der Waals surface area contributed by atoms with E-state index in [1.54, 1.807) is 30.5 Å². The summed E-state index contributed by atoms with van der Waals surface area (Å²) in [6.07, 6.45) is 1.72. The van der Waals surface area contributed by atoms with Gasteiger partial charge in [-0.15, -0.1) is 0 Å². The molecule has 1 fully saturated rings. The average molecular weight is 400 g/mol. The van der Waals surface area contributed by atoms with Crippen molar-refractivity contribution in [2.75, 3.05) is 38.5 Å². The minimum absolute atomic E-state index is 0.230. The van der Waals surface area contributed by atoms with Crippen molar-refractivity contribution in [1.82, 2.24) is 14.3 Å². The van der Waals surface area contributed by atoms with E-state index in [2.05, 4.69) is 9.97 Å². The van der Waals surface area contributed by atoms with E-state index in [0.717, 1.165) is 10.9 Å². The molecule has 0 spiro atoms. The van der Waals surface area contributed by atoms with E-state index in [0.29, 0.717) is 37.9 Å². The van der Waals surface area contributed by atoms with Crippen LogP contribution in [0.25, 0.3) is 10.9 Å². The lowest BCUT2D eigenvalue weighted by molar-refractivity contribution is 0.0730. The quantitative estimate of drug-likeness (QED) is 0.608. The minimum atomic E-state index is -3.54. The molecule has 2 aromatic carbocycles. The van der Waals surface area contributed by atoms with Gasteiger partial charge in [-0.2, -0.15) is 9.37 Å². The minimum Gasteiger partial charge on any atom is -0.379 e. The number of fused-ring (bicyclic) bond motifs is 1. The summed E-state index contributed by atoms with van der Waals surface area (Å²) in [5.74, 6) is 0.366. The molecule has 1 aliphatic rings. The summed E-state index contributed by atoms with van der Waals surface area (Å²) in [5, 5.41) is 2.38. The van der Waals surface area contributed by atoms with E-state index in [-0.39, 0.29) is 4.90 Å². The summed E-state index contributed by atoms with van der Waals surface area (Å²) < 4.78 is 32.2. The Balaban J connectivity index is 1.62. The molecule has 2 heterocycles. The first-order valence-electron chi connectivity index (χ1n) is 8.83. The van der Waals surface area contributed by atoms with Crippen molar-refractivity contribution in [2.24, 2.45) is 0 Å². The van der Waals surface area contributed by atoms with Crippen LogP contribution in [0.1, 0.15) is 0 Å². The average Bonchev–Trinajstić information content (AvgIpc) is 2.75. The van der Waals surface area contributed by atoms with Gasteiger partial charge in [-0.1, -0.05) is 18.2 Å². The van der Waals surface area contributed by atoms with Crippen LogP contribution in [-0.2, 0) is 19.6 Å². The predicted octanol–water partition coefficient (Wildman–Crippen LogP) is 2.35. The second-order valence-electron chi connectivity index (χ2n) is 6.22. The lowest BCUT2D eigenvalue weighted by Gasteiger charge is -2.26. The van der Waals surface area contributed by atoms with Gasteiger partial charge < -0.3 is 4.74 Å². The third kappa shape index (κ3) is 3.57. The number of rotatable bonds is 5. The molecule has 0 atom stereocenters. The van der Waals surface area contributed by atoms with Crippen molar-refractivity contribution >= 4 is 32.6 Å². The number of benzene rings is 2. The molecule has 146 valence electrons. The van der Waals surface area contributed by atoms with Crippen molar-refractivity contribution in [3.63, 3.8) is 0 Å². The fraction of sp³-hybridized carbons (Fsp3) is 0.263. The Morgan fingerprint density at radius 2 is 1.79 bits per heavy atom. The Labute approximate surface area is 163 Å². The molecule has 0 N–H and O–H groups in total. The highest BCUT2D eigenvalue weighted by molar-refractivity contribution is 7.89. The summed E-state index contributed by atoms with van der Waals surface area (Å²) in [6, 6.07) is 14.1. The highest BCUT2D eigenvalue weighted by Crippen LogP contribution is 2.26. The van der Waals surface area contributed by atoms with Gasteiger partial charge in [-0.3, -0.25) is 4.84 Å². The van der Waals surface area contributed by atoms with E-state index in [1.807, 2.05) is 24.3 Å². The Morgan fingerprint density at radius 3 is 2.50 bits per heavy atom. The summed E-state index contributed by atoms with van der Waals surface area (Å²) in [7, 11) is -2.03. The molecular formula is C19H20N4O4S. The van der Waals surface area contributed by atoms with Gasteiger partial charge in [0.05, 0.1) is 36.4 Å². The first-order valence-corrected chi connectivity index (χ1v) is 10.3. The molecule has 3 aromatic rings. The highest BCUT2D eigenvalue weighted by atomic mass is 32.2. The molecule has 1 aliphatic heterocycles. The number of aromatic nitrogens is 2. The van der Waals surface area contributed by atoms with Gasteiger partial charge in [-0.25, -0.2) is 18.4 Å². The normalized spacial score (nSPS) is 15.6. The van der Waals surface area contributed by atoms with Crippen LogP contribution in [0.4, 0.5) is 11.6 Å². The molecule has 0 amide bonds. The number of hydrogen-bond donors (Lipinski definition) is 0. The van der Waals surface area contributed by atoms with Gasteiger partial charge in [0.15, 0.2) is 0 Å². The molecule has 0 unspecified atom stereocenters. The van der Waals surface area contributed by atoms with Gasteiger partial charge in [0.2, 0.25) is 10.0 Å². The molecule has 4 rings (SSSR count). The standard InChI is InChI=1S/C19H20N4O4S/c1-26-23(19-20-14-15-4-2-3-5-18(15)21-19)16-6-8-17(9-7-16)28(24,25)22-10-12-27-13-11-22/h2-9,14H,10-13H2,1H3. The monoisotopic (exact) mass is 400 g/mol. The fourth-order valence-corrected chi connectivity index (χ4v) is 4.46. The van der Waals surface area contributed by atoms with Crippen LogP contribution in [0.2, 0.25) is 0 Å². The summed E-state index contributed by atoms with van der Waals surface area (Å²) in [4.78, 5) is 14.5. The number of anilines is 2. The van der Waals surface area contributed by atoms with Gasteiger partial charge in [0, 0.05) is 24.7 Å². The number of sulfonamides is 1. The van der Waals surface area contributed by atoms with E-state index in [9.17, 15) is 8.42 Å². The maximum Gasteiger partial charge on any atom is 0.255 e. The van der Waals surface area contributed by atoms with Crippen LogP contribution >= 0.6 is 0 Å². The first kappa shape index (κ1) is 18.8. The van der Waals surface area contributed by atoms with Crippen LogP contribution in [0, 0.1) is 0 Å². The second kappa shape index (κ2) is 7.80. The molecule has 0 saturated carbocycles. The molecule has 0 bridgehead atoms. The number of hydrogen-bond acceptors (Lipinski definition) is 7. The molecule has 9 heteroatoms. The van der Waals surface area contributed by atoms with Crippen LogP contribution in [0.3, 0.4) is 0 Å². The van der Waals surface area contributed by atoms with Crippen LogP contribution in [-0.4, -0.2) is 56.1 Å². The van der Waals surface area contributed by atoms with Crippen LogP contribution in [0.15, 0.2) is 59.6 Å². The zero-order valence-corrected chi connectivity index (χ0v) is 16.2. The molecule has 0 radical (unpaired) electrons. The maximum absolute atomic E-state index is 12.8. The molecule has 1 saturated heterocycles. The smallest absolute Gasteiger partial charge is 0.255 e. The van der Waals surface area contributed by atoms with Crippen molar-refractivity contribution in [2.45, 2.75) is 4.90 Å². The topological polar surface area (TPSA) is 84.9 Å². The third-order valence-electron chi connectivity index (χ3n) is 4.52. The van der Waals surface area contributed by atoms with Crippen molar-refractivity contribution in [3.05, 3.63) is 54.7 Å². The fourth-order valence-electron chi connectivity index (χ4n) is 3.05. The zero-order chi connectivity index (χ0) is 19.6. The lowest BCUT2D eigenvalue weighted by Crippen LogP contribution is -2.40. The maximum atomic E-state index is 12.8. The molecular weight excluding hydrogens is 380 g/mol. The molecule has 0 aliphatic carbocycles. The molecule has 28 heavy (non-hydrogen) atoms. The molecule has 8 nitrogen and oxygen atoms in total. The largest absolute Gasteiger partial charge is 0.379 e. The Morgan fingerprint density at radius 1 is 1.07 bits per heavy atom. The SMILES string of the molecule is CON(c1ccc(S(=O)(=O)N2CCOCC2)cc1)c1ncc2ccccc2n1. The second-order valence-corrected chi connectivity index (χ2v) is 8.15. The van der Waals surface area contributed by atoms with Crippen LogP contribution < -0.4 is 5.06 Å². The van der Waals surface area contributed by atoms with Gasteiger partial charge >= 0.3 is 0 Å². The van der Waals surface area contributed by atoms with Crippen molar-refractivity contribution in [3.8, 4) is 0 Å². The van der Waals surface area contributed by atoms with E-state index in [1.165, 1.54) is 16.5 Å². The zero-order valence-electron chi connectivity index (χ0n) is 15.4. The van der Waals surface area contributed by atoms with Crippen molar-refractivity contribution in [1.29, 1.82) is 0 Å². The number of morpholine rings is 1. The Hall–Kier alpha value is -2.59. The Kier molecular flexibility index (Phi) is 5.23. The summed E-state index contributed by atoms with van der Waals surface area (Å²) in [5.41, 5.74) is 1.42. The Bertz CT molecular complexity index is 1070. The molecule has 1 aromatic heterocycles. The van der Waals surface area contributed by atoms with Crippen molar-refractivity contribution < 1.29 is 18.0 Å². The first-order chi connectivity index (χ1) is 13.6. The van der Waals surface area contributed by atoms with Crippen LogP contribution in [0.5, 0.6) is 0 Å². The predicted molar refractivity (Wildman–Crippen MR) is 105 cm³/mol. The number of ether oxygens (including phenoxy) is 1.